The van der Waals surface area contributed by atoms with E-state index >= 15 is 0 Å². The fourth-order valence-corrected chi connectivity index (χ4v) is 8.15. The van der Waals surface area contributed by atoms with Crippen LogP contribution in [-0.4, -0.2) is 19.9 Å². The number of aromatic nitrogens is 4. The fourth-order valence-electron chi connectivity index (χ4n) is 7.05. The molecule has 10 aromatic rings. The van der Waals surface area contributed by atoms with Crippen molar-refractivity contribution in [3.8, 4) is 56.5 Å². The molecule has 0 aliphatic heterocycles. The first kappa shape index (κ1) is 29.4. The molecule has 3 aromatic heterocycles. The van der Waals surface area contributed by atoms with Gasteiger partial charge in [0.25, 0.3) is 0 Å². The van der Waals surface area contributed by atoms with E-state index < -0.39 is 0 Å². The minimum absolute atomic E-state index is 0.648. The SMILES string of the molecule is c1ccc(-c2nc(-c3ccccc3)nc(-c3ccc(-c4ccc5sc6ccc7c(-c8ccccc8)nc8ccccc8c7c6c5c4)cc3)n2)cc1. The second-order valence-corrected chi connectivity index (χ2v) is 13.7. The van der Waals surface area contributed by atoms with Gasteiger partial charge in [0, 0.05) is 58.6 Å². The standard InChI is InChI=1S/C46H28N4S/c1-4-12-30(13-5-1)43-36-25-27-40-42(41(36)35-18-10-11-19-38(35)47-43)37-28-34(24-26-39(37)51-40)29-20-22-33(23-21-29)46-49-44(31-14-6-2-7-15-31)48-45(50-46)32-16-8-3-9-17-32/h1-28H. The number of pyridine rings is 1. The van der Waals surface area contributed by atoms with Crippen LogP contribution in [0.15, 0.2) is 170 Å². The van der Waals surface area contributed by atoms with E-state index in [1.807, 2.05) is 72.0 Å². The van der Waals surface area contributed by atoms with Crippen molar-refractivity contribution >= 4 is 53.2 Å². The predicted molar refractivity (Wildman–Crippen MR) is 213 cm³/mol. The Hall–Kier alpha value is -6.56. The van der Waals surface area contributed by atoms with Gasteiger partial charge in [0.05, 0.1) is 11.2 Å². The summed E-state index contributed by atoms with van der Waals surface area (Å²) in [7, 11) is 0. The molecule has 0 aliphatic carbocycles. The highest BCUT2D eigenvalue weighted by molar-refractivity contribution is 7.26. The molecule has 0 bridgehead atoms. The van der Waals surface area contributed by atoms with Gasteiger partial charge < -0.3 is 0 Å². The molecule has 7 aromatic carbocycles. The van der Waals surface area contributed by atoms with Gasteiger partial charge in [-0.3, -0.25) is 0 Å². The van der Waals surface area contributed by atoms with Crippen molar-refractivity contribution in [2.75, 3.05) is 0 Å². The molecule has 238 valence electrons. The summed E-state index contributed by atoms with van der Waals surface area (Å²) in [6.07, 6.45) is 0. The molecule has 51 heavy (non-hydrogen) atoms. The smallest absolute Gasteiger partial charge is 0.164 e. The van der Waals surface area contributed by atoms with E-state index in [1.165, 1.54) is 36.3 Å². The molecule has 0 saturated heterocycles. The molecule has 4 nitrogen and oxygen atoms in total. The van der Waals surface area contributed by atoms with Crippen molar-refractivity contribution < 1.29 is 0 Å². The monoisotopic (exact) mass is 668 g/mol. The van der Waals surface area contributed by atoms with E-state index in [4.69, 9.17) is 19.9 Å². The van der Waals surface area contributed by atoms with Crippen LogP contribution < -0.4 is 0 Å². The van der Waals surface area contributed by atoms with Crippen LogP contribution in [0.2, 0.25) is 0 Å². The number of para-hydroxylation sites is 1. The zero-order valence-electron chi connectivity index (χ0n) is 27.4. The Morgan fingerprint density at radius 2 is 0.824 bits per heavy atom. The highest BCUT2D eigenvalue weighted by Gasteiger charge is 2.17. The third kappa shape index (κ3) is 5.14. The van der Waals surface area contributed by atoms with Gasteiger partial charge in [-0.2, -0.15) is 0 Å². The van der Waals surface area contributed by atoms with Crippen molar-refractivity contribution in [3.05, 3.63) is 170 Å². The lowest BCUT2D eigenvalue weighted by Gasteiger charge is -2.12. The lowest BCUT2D eigenvalue weighted by Crippen LogP contribution is -2.00. The highest BCUT2D eigenvalue weighted by atomic mass is 32.1. The largest absolute Gasteiger partial charge is 0.247 e. The van der Waals surface area contributed by atoms with E-state index in [1.54, 1.807) is 0 Å². The van der Waals surface area contributed by atoms with Gasteiger partial charge in [-0.05, 0) is 35.4 Å². The van der Waals surface area contributed by atoms with Crippen LogP contribution in [0.25, 0.3) is 98.4 Å². The van der Waals surface area contributed by atoms with Gasteiger partial charge in [-0.25, -0.2) is 19.9 Å². The summed E-state index contributed by atoms with van der Waals surface area (Å²) < 4.78 is 2.55. The van der Waals surface area contributed by atoms with Crippen LogP contribution in [0.1, 0.15) is 0 Å². The number of benzene rings is 7. The molecule has 10 rings (SSSR count). The summed E-state index contributed by atoms with van der Waals surface area (Å²) >= 11 is 1.85. The number of hydrogen-bond donors (Lipinski definition) is 0. The van der Waals surface area contributed by atoms with Crippen LogP contribution in [0.5, 0.6) is 0 Å². The molecule has 0 unspecified atom stereocenters. The Kier molecular flexibility index (Phi) is 6.96. The first-order valence-electron chi connectivity index (χ1n) is 17.0. The lowest BCUT2D eigenvalue weighted by molar-refractivity contribution is 1.07. The van der Waals surface area contributed by atoms with Crippen molar-refractivity contribution in [2.45, 2.75) is 0 Å². The molecule has 5 heteroatoms. The molecule has 0 spiro atoms. The van der Waals surface area contributed by atoms with E-state index in [-0.39, 0.29) is 0 Å². The molecule has 0 aliphatic rings. The Labute approximate surface area is 298 Å². The van der Waals surface area contributed by atoms with Crippen molar-refractivity contribution in [1.82, 2.24) is 19.9 Å². The molecular formula is C46H28N4S. The maximum absolute atomic E-state index is 5.18. The Morgan fingerprint density at radius 3 is 1.47 bits per heavy atom. The van der Waals surface area contributed by atoms with Crippen LogP contribution in [0.3, 0.4) is 0 Å². The van der Waals surface area contributed by atoms with E-state index in [2.05, 4.69) is 109 Å². The van der Waals surface area contributed by atoms with Crippen LogP contribution >= 0.6 is 11.3 Å². The number of rotatable bonds is 5. The summed E-state index contributed by atoms with van der Waals surface area (Å²) in [6.45, 7) is 0. The Balaban J connectivity index is 1.11. The van der Waals surface area contributed by atoms with Crippen LogP contribution in [-0.2, 0) is 0 Å². The molecular weight excluding hydrogens is 641 g/mol. The molecule has 0 fully saturated rings. The molecule has 0 radical (unpaired) electrons. The van der Waals surface area contributed by atoms with Crippen molar-refractivity contribution in [1.29, 1.82) is 0 Å². The number of hydrogen-bond acceptors (Lipinski definition) is 5. The summed E-state index contributed by atoms with van der Waals surface area (Å²) in [5, 5.41) is 6.15. The van der Waals surface area contributed by atoms with E-state index in [9.17, 15) is 0 Å². The van der Waals surface area contributed by atoms with Gasteiger partial charge in [0.15, 0.2) is 17.5 Å². The quantitative estimate of drug-likeness (QED) is 0.171. The molecule has 0 amide bonds. The number of nitrogens with zero attached hydrogens (tertiary/aromatic N) is 4. The third-order valence-electron chi connectivity index (χ3n) is 9.52. The number of thiophene rings is 1. The fraction of sp³-hybridized carbons (Fsp3) is 0. The minimum atomic E-state index is 0.648. The van der Waals surface area contributed by atoms with Crippen LogP contribution in [0, 0.1) is 0 Å². The van der Waals surface area contributed by atoms with Gasteiger partial charge >= 0.3 is 0 Å². The summed E-state index contributed by atoms with van der Waals surface area (Å²) in [5.41, 5.74) is 8.30. The zero-order chi connectivity index (χ0) is 33.7. The van der Waals surface area contributed by atoms with Gasteiger partial charge in [0.2, 0.25) is 0 Å². The first-order valence-corrected chi connectivity index (χ1v) is 17.8. The zero-order valence-corrected chi connectivity index (χ0v) is 28.2. The molecule has 0 N–H and O–H groups in total. The average molecular weight is 669 g/mol. The maximum atomic E-state index is 5.18. The summed E-state index contributed by atoms with van der Waals surface area (Å²) in [5.74, 6) is 1.96. The predicted octanol–water partition coefficient (Wildman–Crippen LogP) is 12.3. The van der Waals surface area contributed by atoms with E-state index in [0.717, 1.165) is 44.6 Å². The Morgan fingerprint density at radius 1 is 0.314 bits per heavy atom. The average Bonchev–Trinajstić information content (AvgIpc) is 3.59. The number of fused-ring (bicyclic) bond motifs is 7. The van der Waals surface area contributed by atoms with Crippen LogP contribution in [0.4, 0.5) is 0 Å². The minimum Gasteiger partial charge on any atom is -0.247 e. The lowest BCUT2D eigenvalue weighted by atomic mass is 9.95. The van der Waals surface area contributed by atoms with Gasteiger partial charge in [-0.1, -0.05) is 146 Å². The second-order valence-electron chi connectivity index (χ2n) is 12.6. The first-order chi connectivity index (χ1) is 25.3. The normalized spacial score (nSPS) is 11.5. The van der Waals surface area contributed by atoms with Crippen molar-refractivity contribution in [2.24, 2.45) is 0 Å². The van der Waals surface area contributed by atoms with E-state index in [0.29, 0.717) is 17.5 Å². The maximum Gasteiger partial charge on any atom is 0.164 e. The topological polar surface area (TPSA) is 51.6 Å². The van der Waals surface area contributed by atoms with Gasteiger partial charge in [-0.15, -0.1) is 11.3 Å². The molecule has 0 saturated carbocycles. The third-order valence-corrected chi connectivity index (χ3v) is 10.7. The summed E-state index contributed by atoms with van der Waals surface area (Å²) in [6, 6.07) is 59.1. The summed E-state index contributed by atoms with van der Waals surface area (Å²) in [4.78, 5) is 19.9. The Bertz CT molecular complexity index is 2830. The molecule has 0 atom stereocenters. The highest BCUT2D eigenvalue weighted by Crippen LogP contribution is 2.44. The molecule has 3 heterocycles. The second kappa shape index (κ2) is 12.1. The van der Waals surface area contributed by atoms with Gasteiger partial charge in [0.1, 0.15) is 0 Å². The van der Waals surface area contributed by atoms with Crippen molar-refractivity contribution in [3.63, 3.8) is 0 Å².